The second kappa shape index (κ2) is 5.21. The highest BCUT2D eigenvalue weighted by Crippen LogP contribution is 2.33. The maximum atomic E-state index is 9.59. The Morgan fingerprint density at radius 2 is 2.28 bits per heavy atom. The lowest BCUT2D eigenvalue weighted by molar-refractivity contribution is 0.439. The minimum Gasteiger partial charge on any atom is -0.508 e. The highest BCUT2D eigenvalue weighted by atomic mass is 35.5. The van der Waals surface area contributed by atoms with Gasteiger partial charge in [-0.25, -0.2) is 0 Å². The van der Waals surface area contributed by atoms with Gasteiger partial charge in [0.25, 0.3) is 0 Å². The maximum absolute atomic E-state index is 9.59. The first-order chi connectivity index (χ1) is 8.28. The summed E-state index contributed by atoms with van der Waals surface area (Å²) < 4.78 is 0. The smallest absolute Gasteiger partial charge is 0.116 e. The molecule has 1 aromatic heterocycles. The molecule has 0 saturated heterocycles. The van der Waals surface area contributed by atoms with Gasteiger partial charge in [0.1, 0.15) is 5.75 Å². The van der Waals surface area contributed by atoms with E-state index in [1.165, 1.54) is 23.1 Å². The SMILES string of the molecule is CNCC1CCc2[nH]c3ccc(O)cc3c2C1.Cl. The third-order valence-corrected chi connectivity index (χ3v) is 3.77. The molecule has 0 saturated carbocycles. The molecule has 0 fully saturated rings. The lowest BCUT2D eigenvalue weighted by Crippen LogP contribution is -2.24. The van der Waals surface area contributed by atoms with Gasteiger partial charge in [0.15, 0.2) is 0 Å². The zero-order valence-corrected chi connectivity index (χ0v) is 11.3. The Morgan fingerprint density at radius 1 is 1.44 bits per heavy atom. The van der Waals surface area contributed by atoms with Gasteiger partial charge in [0.05, 0.1) is 0 Å². The van der Waals surface area contributed by atoms with E-state index in [2.05, 4.69) is 10.3 Å². The fourth-order valence-electron chi connectivity index (χ4n) is 2.94. The third-order valence-electron chi connectivity index (χ3n) is 3.77. The second-order valence-corrected chi connectivity index (χ2v) is 4.98. The van der Waals surface area contributed by atoms with E-state index >= 15 is 0 Å². The standard InChI is InChI=1S/C14H18N2O.ClH/c1-15-8-9-2-4-13-11(6-9)12-7-10(17)3-5-14(12)16-13;/h3,5,7,9,15-17H,2,4,6,8H2,1H3;1H. The van der Waals surface area contributed by atoms with E-state index in [0.717, 1.165) is 24.9 Å². The number of aromatic amines is 1. The summed E-state index contributed by atoms with van der Waals surface area (Å²) in [5, 5.41) is 14.0. The molecule has 0 bridgehead atoms. The number of aromatic nitrogens is 1. The molecule has 2 aromatic rings. The highest BCUT2D eigenvalue weighted by molar-refractivity contribution is 5.86. The third kappa shape index (κ3) is 2.20. The second-order valence-electron chi connectivity index (χ2n) is 4.98. The number of phenols is 1. The number of hydrogen-bond acceptors (Lipinski definition) is 2. The van der Waals surface area contributed by atoms with Crippen LogP contribution in [0, 0.1) is 5.92 Å². The van der Waals surface area contributed by atoms with Crippen LogP contribution in [0.25, 0.3) is 10.9 Å². The fourth-order valence-corrected chi connectivity index (χ4v) is 2.94. The molecule has 1 atom stereocenters. The summed E-state index contributed by atoms with van der Waals surface area (Å²) in [4.78, 5) is 3.47. The van der Waals surface area contributed by atoms with Gasteiger partial charge in [0, 0.05) is 16.6 Å². The molecule has 1 aliphatic carbocycles. The Hall–Kier alpha value is -1.19. The predicted molar refractivity (Wildman–Crippen MR) is 76.7 cm³/mol. The van der Waals surface area contributed by atoms with Crippen LogP contribution in [-0.2, 0) is 12.8 Å². The number of benzene rings is 1. The number of phenolic OH excluding ortho intramolecular Hbond substituents is 1. The van der Waals surface area contributed by atoms with E-state index in [-0.39, 0.29) is 12.4 Å². The van der Waals surface area contributed by atoms with Crippen LogP contribution in [0.1, 0.15) is 17.7 Å². The van der Waals surface area contributed by atoms with E-state index < -0.39 is 0 Å². The van der Waals surface area contributed by atoms with Crippen LogP contribution in [0.3, 0.4) is 0 Å². The zero-order chi connectivity index (χ0) is 11.8. The summed E-state index contributed by atoms with van der Waals surface area (Å²) in [6.45, 7) is 1.07. The number of aromatic hydroxyl groups is 1. The molecular weight excluding hydrogens is 248 g/mol. The van der Waals surface area contributed by atoms with E-state index in [0.29, 0.717) is 11.7 Å². The van der Waals surface area contributed by atoms with Gasteiger partial charge >= 0.3 is 0 Å². The lowest BCUT2D eigenvalue weighted by atomic mass is 9.86. The number of fused-ring (bicyclic) bond motifs is 3. The van der Waals surface area contributed by atoms with Gasteiger partial charge in [-0.05, 0) is 62.5 Å². The summed E-state index contributed by atoms with van der Waals surface area (Å²) >= 11 is 0. The molecule has 1 aliphatic rings. The number of nitrogens with one attached hydrogen (secondary N) is 2. The van der Waals surface area contributed by atoms with Crippen LogP contribution < -0.4 is 5.32 Å². The molecule has 1 unspecified atom stereocenters. The van der Waals surface area contributed by atoms with Crippen molar-refractivity contribution in [2.75, 3.05) is 13.6 Å². The molecule has 0 amide bonds. The van der Waals surface area contributed by atoms with Gasteiger partial charge in [0.2, 0.25) is 0 Å². The van der Waals surface area contributed by atoms with Crippen molar-refractivity contribution >= 4 is 23.3 Å². The van der Waals surface area contributed by atoms with E-state index in [1.54, 1.807) is 6.07 Å². The van der Waals surface area contributed by atoms with E-state index in [4.69, 9.17) is 0 Å². The molecule has 1 heterocycles. The van der Waals surface area contributed by atoms with Crippen LogP contribution in [0.15, 0.2) is 18.2 Å². The first kappa shape index (κ1) is 13.2. The van der Waals surface area contributed by atoms with E-state index in [9.17, 15) is 5.11 Å². The normalized spacial score (nSPS) is 18.4. The summed E-state index contributed by atoms with van der Waals surface area (Å²) in [7, 11) is 2.01. The van der Waals surface area contributed by atoms with Crippen molar-refractivity contribution in [3.8, 4) is 5.75 Å². The van der Waals surface area contributed by atoms with Crippen LogP contribution in [0.5, 0.6) is 5.75 Å². The first-order valence-electron chi connectivity index (χ1n) is 6.25. The van der Waals surface area contributed by atoms with Gasteiger partial charge < -0.3 is 15.4 Å². The highest BCUT2D eigenvalue weighted by Gasteiger charge is 2.21. The number of halogens is 1. The van der Waals surface area contributed by atoms with Crippen molar-refractivity contribution in [2.24, 2.45) is 5.92 Å². The molecule has 0 radical (unpaired) electrons. The van der Waals surface area contributed by atoms with Gasteiger partial charge in [-0.3, -0.25) is 0 Å². The molecule has 0 aliphatic heterocycles. The predicted octanol–water partition coefficient (Wildman–Crippen LogP) is 2.62. The molecule has 18 heavy (non-hydrogen) atoms. The molecule has 0 spiro atoms. The van der Waals surface area contributed by atoms with E-state index in [1.807, 2.05) is 19.2 Å². The molecular formula is C14H19ClN2O. The Balaban J connectivity index is 0.00000120. The van der Waals surface area contributed by atoms with Crippen molar-refractivity contribution < 1.29 is 5.11 Å². The van der Waals surface area contributed by atoms with Crippen molar-refractivity contribution in [1.29, 1.82) is 0 Å². The molecule has 98 valence electrons. The fraction of sp³-hybridized carbons (Fsp3) is 0.429. The molecule has 3 N–H and O–H groups in total. The van der Waals surface area contributed by atoms with Crippen molar-refractivity contribution in [1.82, 2.24) is 10.3 Å². The van der Waals surface area contributed by atoms with Crippen molar-refractivity contribution in [3.63, 3.8) is 0 Å². The summed E-state index contributed by atoms with van der Waals surface area (Å²) in [5.41, 5.74) is 3.92. The van der Waals surface area contributed by atoms with Crippen LogP contribution >= 0.6 is 12.4 Å². The summed E-state index contributed by atoms with van der Waals surface area (Å²) in [6.07, 6.45) is 3.48. The Kier molecular flexibility index (Phi) is 3.83. The maximum Gasteiger partial charge on any atom is 0.116 e. The Bertz CT molecular complexity index is 550. The van der Waals surface area contributed by atoms with Gasteiger partial charge in [-0.15, -0.1) is 12.4 Å². The quantitative estimate of drug-likeness (QED) is 0.783. The number of rotatable bonds is 2. The first-order valence-corrected chi connectivity index (χ1v) is 6.25. The largest absolute Gasteiger partial charge is 0.508 e. The Labute approximate surface area is 113 Å². The van der Waals surface area contributed by atoms with Crippen LogP contribution in [0.2, 0.25) is 0 Å². The van der Waals surface area contributed by atoms with Crippen molar-refractivity contribution in [3.05, 3.63) is 29.5 Å². The van der Waals surface area contributed by atoms with Crippen molar-refractivity contribution in [2.45, 2.75) is 19.3 Å². The molecule has 3 nitrogen and oxygen atoms in total. The van der Waals surface area contributed by atoms with Gasteiger partial charge in [-0.2, -0.15) is 0 Å². The van der Waals surface area contributed by atoms with Gasteiger partial charge in [-0.1, -0.05) is 0 Å². The number of H-pyrrole nitrogens is 1. The van der Waals surface area contributed by atoms with Crippen LogP contribution in [-0.4, -0.2) is 23.7 Å². The number of aryl methyl sites for hydroxylation is 1. The summed E-state index contributed by atoms with van der Waals surface area (Å²) in [5.74, 6) is 1.07. The monoisotopic (exact) mass is 266 g/mol. The summed E-state index contributed by atoms with van der Waals surface area (Å²) in [6, 6.07) is 5.60. The zero-order valence-electron chi connectivity index (χ0n) is 10.5. The molecule has 1 aromatic carbocycles. The minimum atomic E-state index is 0. The topological polar surface area (TPSA) is 48.0 Å². The minimum absolute atomic E-state index is 0. The number of hydrogen-bond donors (Lipinski definition) is 3. The molecule has 4 heteroatoms. The lowest BCUT2D eigenvalue weighted by Gasteiger charge is -2.22. The van der Waals surface area contributed by atoms with Crippen LogP contribution in [0.4, 0.5) is 0 Å². The molecule has 3 rings (SSSR count). The average molecular weight is 267 g/mol. The average Bonchev–Trinajstić information content (AvgIpc) is 2.67. The Morgan fingerprint density at radius 3 is 3.06 bits per heavy atom.